The summed E-state index contributed by atoms with van der Waals surface area (Å²) in [4.78, 5) is 0. The molecule has 3 aromatic carbocycles. The lowest BCUT2D eigenvalue weighted by Gasteiger charge is -2.03. The van der Waals surface area contributed by atoms with Gasteiger partial charge in [-0.15, -0.1) is 6.42 Å². The lowest BCUT2D eigenvalue weighted by atomic mass is 9.99. The average molecular weight is 252 g/mol. The molecule has 0 amide bonds. The highest BCUT2D eigenvalue weighted by Gasteiger charge is 2.02. The molecule has 0 aliphatic carbocycles. The average Bonchev–Trinajstić information content (AvgIpc) is 2.53. The predicted molar refractivity (Wildman–Crippen MR) is 84.3 cm³/mol. The van der Waals surface area contributed by atoms with Crippen molar-refractivity contribution in [2.45, 2.75) is 0 Å². The van der Waals surface area contributed by atoms with Crippen molar-refractivity contribution in [1.29, 1.82) is 0 Å². The van der Waals surface area contributed by atoms with Crippen LogP contribution in [0.1, 0.15) is 16.7 Å². The molecule has 3 aromatic rings. The molecule has 0 spiro atoms. The van der Waals surface area contributed by atoms with Gasteiger partial charge in [-0.2, -0.15) is 0 Å². The Hall–Kier alpha value is -2.96. The number of terminal acetylenes is 1. The Balaban J connectivity index is 2.14. The van der Waals surface area contributed by atoms with Crippen molar-refractivity contribution in [3.63, 3.8) is 0 Å². The zero-order valence-corrected chi connectivity index (χ0v) is 10.9. The van der Waals surface area contributed by atoms with Crippen LogP contribution in [-0.2, 0) is 0 Å². The molecule has 0 heterocycles. The standard InChI is InChI=1S/C20H12/c1-2-19-18(13-12-16-8-4-3-5-9-16)15-14-17-10-6-7-11-20(17)19/h1,3-11,14-15H. The van der Waals surface area contributed by atoms with E-state index >= 15 is 0 Å². The van der Waals surface area contributed by atoms with E-state index in [1.54, 1.807) is 0 Å². The summed E-state index contributed by atoms with van der Waals surface area (Å²) < 4.78 is 0. The Kier molecular flexibility index (Phi) is 3.24. The summed E-state index contributed by atoms with van der Waals surface area (Å²) >= 11 is 0. The minimum Gasteiger partial charge on any atom is -0.115 e. The number of benzene rings is 3. The molecule has 92 valence electrons. The Morgan fingerprint density at radius 3 is 2.25 bits per heavy atom. The van der Waals surface area contributed by atoms with E-state index in [0.717, 1.165) is 27.5 Å². The molecule has 0 aliphatic rings. The summed E-state index contributed by atoms with van der Waals surface area (Å²) in [6.07, 6.45) is 5.67. The van der Waals surface area contributed by atoms with Crippen LogP contribution in [0.2, 0.25) is 0 Å². The highest BCUT2D eigenvalue weighted by Crippen LogP contribution is 2.21. The fourth-order valence-corrected chi connectivity index (χ4v) is 2.19. The minimum absolute atomic E-state index is 0.867. The summed E-state index contributed by atoms with van der Waals surface area (Å²) in [6, 6.07) is 22.1. The number of fused-ring (bicyclic) bond motifs is 1. The van der Waals surface area contributed by atoms with Crippen LogP contribution in [0.4, 0.5) is 0 Å². The van der Waals surface area contributed by atoms with Crippen molar-refractivity contribution < 1.29 is 0 Å². The van der Waals surface area contributed by atoms with Gasteiger partial charge in [0.15, 0.2) is 0 Å². The van der Waals surface area contributed by atoms with Crippen LogP contribution < -0.4 is 0 Å². The molecule has 0 saturated heterocycles. The summed E-state index contributed by atoms with van der Waals surface area (Å²) in [5.74, 6) is 9.11. The SMILES string of the molecule is C#Cc1c(C#Cc2ccccc2)ccc2ccccc12. The van der Waals surface area contributed by atoms with Crippen molar-refractivity contribution in [2.75, 3.05) is 0 Å². The second-order valence-corrected chi connectivity index (χ2v) is 4.47. The van der Waals surface area contributed by atoms with Crippen LogP contribution in [0.15, 0.2) is 66.7 Å². The largest absolute Gasteiger partial charge is 0.115 e. The maximum Gasteiger partial charge on any atom is 0.0477 e. The molecule has 0 aromatic heterocycles. The number of rotatable bonds is 0. The Labute approximate surface area is 119 Å². The van der Waals surface area contributed by atoms with Crippen molar-refractivity contribution in [3.05, 3.63) is 83.4 Å². The van der Waals surface area contributed by atoms with Crippen molar-refractivity contribution in [3.8, 4) is 24.2 Å². The van der Waals surface area contributed by atoms with Gasteiger partial charge in [0.1, 0.15) is 0 Å². The van der Waals surface area contributed by atoms with Gasteiger partial charge in [0.25, 0.3) is 0 Å². The van der Waals surface area contributed by atoms with Crippen molar-refractivity contribution in [1.82, 2.24) is 0 Å². The van der Waals surface area contributed by atoms with Gasteiger partial charge in [-0.1, -0.05) is 66.3 Å². The van der Waals surface area contributed by atoms with E-state index in [0.29, 0.717) is 0 Å². The number of hydrogen-bond donors (Lipinski definition) is 0. The highest BCUT2D eigenvalue weighted by atomic mass is 14.0. The molecule has 0 heteroatoms. The third-order valence-corrected chi connectivity index (χ3v) is 3.19. The molecular formula is C20H12. The third kappa shape index (κ3) is 2.28. The van der Waals surface area contributed by atoms with E-state index in [1.165, 1.54) is 0 Å². The zero-order valence-electron chi connectivity index (χ0n) is 10.9. The van der Waals surface area contributed by atoms with Crippen LogP contribution in [-0.4, -0.2) is 0 Å². The molecule has 0 fully saturated rings. The van der Waals surface area contributed by atoms with Gasteiger partial charge in [-0.05, 0) is 29.0 Å². The van der Waals surface area contributed by atoms with Gasteiger partial charge in [0.2, 0.25) is 0 Å². The van der Waals surface area contributed by atoms with E-state index in [2.05, 4.69) is 29.9 Å². The van der Waals surface area contributed by atoms with Crippen LogP contribution in [0.25, 0.3) is 10.8 Å². The molecule has 0 saturated carbocycles. The molecule has 0 radical (unpaired) electrons. The second kappa shape index (κ2) is 5.35. The molecule has 0 nitrogen and oxygen atoms in total. The molecule has 0 unspecified atom stereocenters. The fourth-order valence-electron chi connectivity index (χ4n) is 2.19. The van der Waals surface area contributed by atoms with Crippen molar-refractivity contribution in [2.24, 2.45) is 0 Å². The molecule has 0 atom stereocenters. The second-order valence-electron chi connectivity index (χ2n) is 4.47. The van der Waals surface area contributed by atoms with Crippen molar-refractivity contribution >= 4 is 10.8 Å². The van der Waals surface area contributed by atoms with Gasteiger partial charge in [0.05, 0.1) is 0 Å². The zero-order chi connectivity index (χ0) is 13.8. The maximum atomic E-state index is 5.67. The first-order valence-corrected chi connectivity index (χ1v) is 6.44. The molecule has 0 bridgehead atoms. The Morgan fingerprint density at radius 1 is 0.700 bits per heavy atom. The van der Waals surface area contributed by atoms with E-state index in [1.807, 2.05) is 54.6 Å². The molecule has 20 heavy (non-hydrogen) atoms. The van der Waals surface area contributed by atoms with Gasteiger partial charge in [-0.25, -0.2) is 0 Å². The van der Waals surface area contributed by atoms with E-state index < -0.39 is 0 Å². The highest BCUT2D eigenvalue weighted by molar-refractivity contribution is 5.90. The summed E-state index contributed by atoms with van der Waals surface area (Å²) in [5, 5.41) is 2.22. The van der Waals surface area contributed by atoms with Gasteiger partial charge >= 0.3 is 0 Å². The first kappa shape index (κ1) is 12.1. The molecule has 0 aliphatic heterocycles. The molecular weight excluding hydrogens is 240 g/mol. The third-order valence-electron chi connectivity index (χ3n) is 3.19. The summed E-state index contributed by atoms with van der Waals surface area (Å²) in [5.41, 5.74) is 2.75. The quantitative estimate of drug-likeness (QED) is 0.525. The monoisotopic (exact) mass is 252 g/mol. The smallest absolute Gasteiger partial charge is 0.0477 e. The molecule has 0 N–H and O–H groups in total. The summed E-state index contributed by atoms with van der Waals surface area (Å²) in [7, 11) is 0. The normalized spacial score (nSPS) is 9.55. The van der Waals surface area contributed by atoms with Crippen LogP contribution >= 0.6 is 0 Å². The van der Waals surface area contributed by atoms with E-state index in [9.17, 15) is 0 Å². The van der Waals surface area contributed by atoms with Crippen LogP contribution in [0.3, 0.4) is 0 Å². The van der Waals surface area contributed by atoms with Gasteiger partial charge < -0.3 is 0 Å². The van der Waals surface area contributed by atoms with Crippen LogP contribution in [0, 0.1) is 24.2 Å². The maximum absolute atomic E-state index is 5.67. The minimum atomic E-state index is 0.867. The van der Waals surface area contributed by atoms with E-state index in [4.69, 9.17) is 6.42 Å². The summed E-state index contributed by atoms with van der Waals surface area (Å²) in [6.45, 7) is 0. The van der Waals surface area contributed by atoms with E-state index in [-0.39, 0.29) is 0 Å². The lowest BCUT2D eigenvalue weighted by Crippen LogP contribution is -1.86. The Morgan fingerprint density at radius 2 is 1.45 bits per heavy atom. The predicted octanol–water partition coefficient (Wildman–Crippen LogP) is 4.22. The van der Waals surface area contributed by atoms with Gasteiger partial charge in [0, 0.05) is 16.7 Å². The Bertz CT molecular complexity index is 853. The molecule has 3 rings (SSSR count). The van der Waals surface area contributed by atoms with Gasteiger partial charge in [-0.3, -0.25) is 0 Å². The first-order chi connectivity index (χ1) is 9.88. The van der Waals surface area contributed by atoms with Crippen LogP contribution in [0.5, 0.6) is 0 Å². The number of hydrogen-bond acceptors (Lipinski definition) is 0. The first-order valence-electron chi connectivity index (χ1n) is 6.44. The fraction of sp³-hybridized carbons (Fsp3) is 0. The topological polar surface area (TPSA) is 0 Å². The lowest BCUT2D eigenvalue weighted by molar-refractivity contribution is 1.62.